The maximum Gasteiger partial charge on any atom is 0.258 e. The van der Waals surface area contributed by atoms with Gasteiger partial charge in [-0.2, -0.15) is 0 Å². The number of nitrogens with one attached hydrogen (secondary N) is 1. The zero-order valence-electron chi connectivity index (χ0n) is 16.1. The lowest BCUT2D eigenvalue weighted by molar-refractivity contribution is -0.123. The van der Waals surface area contributed by atoms with Crippen LogP contribution in [-0.2, 0) is 4.79 Å². The Morgan fingerprint density at radius 2 is 1.58 bits per heavy atom. The molecule has 0 saturated carbocycles. The van der Waals surface area contributed by atoms with Crippen LogP contribution < -0.4 is 19.5 Å². The first-order chi connectivity index (χ1) is 12.5. The van der Waals surface area contributed by atoms with Gasteiger partial charge in [0.15, 0.2) is 6.61 Å². The summed E-state index contributed by atoms with van der Waals surface area (Å²) in [6.07, 6.45) is 0.807. The van der Waals surface area contributed by atoms with Gasteiger partial charge in [0.25, 0.3) is 5.91 Å². The first-order valence-electron chi connectivity index (χ1n) is 8.69. The van der Waals surface area contributed by atoms with Crippen LogP contribution in [0.1, 0.15) is 36.1 Å². The van der Waals surface area contributed by atoms with Crippen LogP contribution in [0.3, 0.4) is 0 Å². The average molecular weight is 357 g/mol. The van der Waals surface area contributed by atoms with E-state index in [9.17, 15) is 4.79 Å². The lowest BCUT2D eigenvalue weighted by Gasteiger charge is -2.19. The Morgan fingerprint density at radius 1 is 0.962 bits per heavy atom. The third-order valence-electron chi connectivity index (χ3n) is 4.37. The van der Waals surface area contributed by atoms with Gasteiger partial charge < -0.3 is 19.5 Å². The van der Waals surface area contributed by atoms with Crippen LogP contribution >= 0.6 is 0 Å². The molecular formula is C21H27NO4. The minimum atomic E-state index is -0.170. The van der Waals surface area contributed by atoms with Crippen molar-refractivity contribution in [3.63, 3.8) is 0 Å². The molecule has 0 spiro atoms. The lowest BCUT2D eigenvalue weighted by atomic mass is 9.99. The highest BCUT2D eigenvalue weighted by Gasteiger charge is 2.14. The molecule has 5 heteroatoms. The molecule has 2 aromatic rings. The second-order valence-corrected chi connectivity index (χ2v) is 6.21. The van der Waals surface area contributed by atoms with E-state index in [-0.39, 0.29) is 18.6 Å². The molecule has 140 valence electrons. The molecule has 26 heavy (non-hydrogen) atoms. The maximum absolute atomic E-state index is 12.3. The molecule has 0 bridgehead atoms. The van der Waals surface area contributed by atoms with Crippen LogP contribution in [0.5, 0.6) is 17.2 Å². The minimum Gasteiger partial charge on any atom is -0.496 e. The number of amides is 1. The van der Waals surface area contributed by atoms with Crippen molar-refractivity contribution in [1.82, 2.24) is 5.32 Å². The normalized spacial score (nSPS) is 11.6. The second kappa shape index (κ2) is 9.13. The Labute approximate surface area is 155 Å². The van der Waals surface area contributed by atoms with Gasteiger partial charge in [0.1, 0.15) is 17.2 Å². The van der Waals surface area contributed by atoms with Gasteiger partial charge in [0, 0.05) is 18.2 Å². The fraction of sp³-hybridized carbons (Fsp3) is 0.381. The van der Waals surface area contributed by atoms with Crippen LogP contribution in [0.25, 0.3) is 0 Å². The molecule has 0 fully saturated rings. The Bertz CT molecular complexity index is 735. The van der Waals surface area contributed by atoms with E-state index in [1.807, 2.05) is 6.92 Å². The summed E-state index contributed by atoms with van der Waals surface area (Å²) in [6, 6.07) is 11.4. The van der Waals surface area contributed by atoms with Crippen molar-refractivity contribution >= 4 is 5.91 Å². The molecule has 1 atom stereocenters. The van der Waals surface area contributed by atoms with E-state index >= 15 is 0 Å². The smallest absolute Gasteiger partial charge is 0.258 e. The summed E-state index contributed by atoms with van der Waals surface area (Å²) in [5, 5.41) is 3.03. The summed E-state index contributed by atoms with van der Waals surface area (Å²) < 4.78 is 16.0. The van der Waals surface area contributed by atoms with Crippen molar-refractivity contribution in [3.8, 4) is 17.2 Å². The summed E-state index contributed by atoms with van der Waals surface area (Å²) >= 11 is 0. The molecule has 0 aliphatic carbocycles. The van der Waals surface area contributed by atoms with E-state index < -0.39 is 0 Å². The second-order valence-electron chi connectivity index (χ2n) is 6.21. The number of aryl methyl sites for hydroxylation is 2. The fourth-order valence-electron chi connectivity index (χ4n) is 2.65. The highest BCUT2D eigenvalue weighted by atomic mass is 16.5. The van der Waals surface area contributed by atoms with Crippen molar-refractivity contribution in [2.75, 3.05) is 20.8 Å². The van der Waals surface area contributed by atoms with Crippen molar-refractivity contribution in [2.24, 2.45) is 0 Å². The number of methoxy groups -OCH3 is 2. The van der Waals surface area contributed by atoms with Gasteiger partial charge in [-0.05, 0) is 37.0 Å². The first-order valence-corrected chi connectivity index (χ1v) is 8.69. The van der Waals surface area contributed by atoms with E-state index in [0.717, 1.165) is 12.0 Å². The van der Waals surface area contributed by atoms with Gasteiger partial charge in [0.05, 0.1) is 20.3 Å². The molecule has 0 saturated heterocycles. The lowest BCUT2D eigenvalue weighted by Crippen LogP contribution is -2.32. The Hall–Kier alpha value is -2.69. The third-order valence-corrected chi connectivity index (χ3v) is 4.37. The fourth-order valence-corrected chi connectivity index (χ4v) is 2.65. The SMILES string of the molecule is CC[C@H](NC(=O)COc1cc(OC)cc(OC)c1)c1ccc(C)c(C)c1. The zero-order valence-corrected chi connectivity index (χ0v) is 16.1. The van der Waals surface area contributed by atoms with Gasteiger partial charge in [-0.15, -0.1) is 0 Å². The molecule has 0 heterocycles. The molecule has 0 aromatic heterocycles. The van der Waals surface area contributed by atoms with E-state index in [1.54, 1.807) is 32.4 Å². The highest BCUT2D eigenvalue weighted by Crippen LogP contribution is 2.27. The summed E-state index contributed by atoms with van der Waals surface area (Å²) in [5.41, 5.74) is 3.56. The number of hydrogen-bond acceptors (Lipinski definition) is 4. The number of hydrogen-bond donors (Lipinski definition) is 1. The van der Waals surface area contributed by atoms with Gasteiger partial charge in [-0.1, -0.05) is 25.1 Å². The molecule has 2 aromatic carbocycles. The largest absolute Gasteiger partial charge is 0.496 e. The predicted molar refractivity (Wildman–Crippen MR) is 102 cm³/mol. The van der Waals surface area contributed by atoms with Crippen LogP contribution in [0.4, 0.5) is 0 Å². The molecule has 1 amide bonds. The van der Waals surface area contributed by atoms with Crippen LogP contribution in [-0.4, -0.2) is 26.7 Å². The highest BCUT2D eigenvalue weighted by molar-refractivity contribution is 5.78. The predicted octanol–water partition coefficient (Wildman–Crippen LogP) is 3.97. The molecule has 0 aliphatic heterocycles. The van der Waals surface area contributed by atoms with E-state index in [4.69, 9.17) is 14.2 Å². The van der Waals surface area contributed by atoms with E-state index in [1.165, 1.54) is 11.1 Å². The van der Waals surface area contributed by atoms with Crippen molar-refractivity contribution in [2.45, 2.75) is 33.2 Å². The minimum absolute atomic E-state index is 0.0368. The topological polar surface area (TPSA) is 56.8 Å². The number of carbonyl (C=O) groups is 1. The van der Waals surface area contributed by atoms with E-state index in [0.29, 0.717) is 17.2 Å². The number of carbonyl (C=O) groups excluding carboxylic acids is 1. The van der Waals surface area contributed by atoms with Gasteiger partial charge in [0.2, 0.25) is 0 Å². The summed E-state index contributed by atoms with van der Waals surface area (Å²) in [7, 11) is 3.14. The summed E-state index contributed by atoms with van der Waals surface area (Å²) in [5.74, 6) is 1.58. The van der Waals surface area contributed by atoms with Gasteiger partial charge in [-0.3, -0.25) is 4.79 Å². The summed E-state index contributed by atoms with van der Waals surface area (Å²) in [4.78, 5) is 12.3. The van der Waals surface area contributed by atoms with Crippen LogP contribution in [0, 0.1) is 13.8 Å². The Morgan fingerprint density at radius 3 is 2.12 bits per heavy atom. The van der Waals surface area contributed by atoms with E-state index in [2.05, 4.69) is 37.4 Å². The number of benzene rings is 2. The van der Waals surface area contributed by atoms with Crippen LogP contribution in [0.15, 0.2) is 36.4 Å². The standard InChI is InChI=1S/C21H27NO4/c1-6-20(16-8-7-14(2)15(3)9-16)22-21(23)13-26-19-11-17(24-4)10-18(12-19)25-5/h7-12,20H,6,13H2,1-5H3,(H,22,23)/t20-/m0/s1. The monoisotopic (exact) mass is 357 g/mol. The van der Waals surface area contributed by atoms with Crippen molar-refractivity contribution in [1.29, 1.82) is 0 Å². The average Bonchev–Trinajstić information content (AvgIpc) is 2.66. The quantitative estimate of drug-likeness (QED) is 0.777. The maximum atomic E-state index is 12.3. The molecular weight excluding hydrogens is 330 g/mol. The van der Waals surface area contributed by atoms with Crippen molar-refractivity contribution in [3.05, 3.63) is 53.1 Å². The van der Waals surface area contributed by atoms with Crippen LogP contribution in [0.2, 0.25) is 0 Å². The Balaban J connectivity index is 2.00. The third kappa shape index (κ3) is 5.15. The number of ether oxygens (including phenoxy) is 3. The first kappa shape index (κ1) is 19.6. The summed E-state index contributed by atoms with van der Waals surface area (Å²) in [6.45, 7) is 6.13. The zero-order chi connectivity index (χ0) is 19.1. The molecule has 0 unspecified atom stereocenters. The molecule has 0 radical (unpaired) electrons. The number of rotatable bonds is 8. The Kier molecular flexibility index (Phi) is 6.89. The van der Waals surface area contributed by atoms with Crippen molar-refractivity contribution < 1.29 is 19.0 Å². The van der Waals surface area contributed by atoms with Gasteiger partial charge in [-0.25, -0.2) is 0 Å². The molecule has 2 rings (SSSR count). The molecule has 5 nitrogen and oxygen atoms in total. The molecule has 1 N–H and O–H groups in total. The van der Waals surface area contributed by atoms with Gasteiger partial charge >= 0.3 is 0 Å². The molecule has 0 aliphatic rings.